The van der Waals surface area contributed by atoms with E-state index < -0.39 is 0 Å². The molecule has 1 aliphatic carbocycles. The van der Waals surface area contributed by atoms with Crippen molar-refractivity contribution in [1.82, 2.24) is 19.9 Å². The summed E-state index contributed by atoms with van der Waals surface area (Å²) in [7, 11) is 1.76. The quantitative estimate of drug-likeness (QED) is 0.495. The van der Waals surface area contributed by atoms with E-state index in [-0.39, 0.29) is 6.61 Å². The molecular weight excluding hydrogens is 512 g/mol. The van der Waals surface area contributed by atoms with Crippen LogP contribution in [-0.2, 0) is 24.2 Å². The molecule has 9 nitrogen and oxygen atoms in total. The second-order valence-electron chi connectivity index (χ2n) is 11.3. The standard InChI is InChI=1S/C29H34N6O3S/c1-37-17-19-11-21-18-38-26-24(4-8-31-28(26)35(21)15-19)39-25-14-32-27(23(16-36)33-25)34-9-5-29(6-10-34)12-20-3-2-7-30-22(20)13-29/h2-4,7-8,14,19,21,36H,5-6,9-13,15-18H2,1H3/t19-,21+/m1/s1. The van der Waals surface area contributed by atoms with Crippen LogP contribution in [0.3, 0.4) is 0 Å². The first kappa shape index (κ1) is 25.0. The highest BCUT2D eigenvalue weighted by Gasteiger charge is 2.41. The lowest BCUT2D eigenvalue weighted by atomic mass is 9.76. The molecule has 0 bridgehead atoms. The molecular formula is C29H34N6O3S. The van der Waals surface area contributed by atoms with Crippen LogP contribution < -0.4 is 14.5 Å². The van der Waals surface area contributed by atoms with Crippen LogP contribution in [0.2, 0.25) is 0 Å². The number of fused-ring (bicyclic) bond motifs is 4. The summed E-state index contributed by atoms with van der Waals surface area (Å²) in [6.07, 6.45) is 11.0. The summed E-state index contributed by atoms with van der Waals surface area (Å²) in [6.45, 7) is 4.01. The third kappa shape index (κ3) is 4.62. The number of aliphatic hydroxyl groups is 1. The van der Waals surface area contributed by atoms with Crippen LogP contribution in [0.4, 0.5) is 11.6 Å². The number of methoxy groups -OCH3 is 1. The van der Waals surface area contributed by atoms with Crippen LogP contribution in [0.15, 0.2) is 46.7 Å². The zero-order chi connectivity index (χ0) is 26.4. The van der Waals surface area contributed by atoms with E-state index in [0.29, 0.717) is 29.7 Å². The van der Waals surface area contributed by atoms with Crippen molar-refractivity contribution in [2.24, 2.45) is 11.3 Å². The molecule has 204 valence electrons. The molecule has 1 spiro atoms. The van der Waals surface area contributed by atoms with Gasteiger partial charge in [0, 0.05) is 50.7 Å². The monoisotopic (exact) mass is 546 g/mol. The minimum absolute atomic E-state index is 0.144. The van der Waals surface area contributed by atoms with Gasteiger partial charge in [0.05, 0.1) is 30.3 Å². The number of pyridine rings is 2. The van der Waals surface area contributed by atoms with Gasteiger partial charge >= 0.3 is 0 Å². The number of piperidine rings is 1. The predicted molar refractivity (Wildman–Crippen MR) is 148 cm³/mol. The van der Waals surface area contributed by atoms with Gasteiger partial charge in [0.25, 0.3) is 0 Å². The Kier molecular flexibility index (Phi) is 6.57. The normalized spacial score (nSPS) is 22.9. The zero-order valence-electron chi connectivity index (χ0n) is 22.3. The molecule has 39 heavy (non-hydrogen) atoms. The van der Waals surface area contributed by atoms with Gasteiger partial charge in [0.1, 0.15) is 17.3 Å². The van der Waals surface area contributed by atoms with Crippen molar-refractivity contribution in [2.45, 2.75) is 54.7 Å². The molecule has 7 rings (SSSR count). The Balaban J connectivity index is 1.06. The van der Waals surface area contributed by atoms with E-state index >= 15 is 0 Å². The molecule has 1 N–H and O–H groups in total. The van der Waals surface area contributed by atoms with Gasteiger partial charge in [0.15, 0.2) is 17.4 Å². The maximum Gasteiger partial charge on any atom is 0.175 e. The van der Waals surface area contributed by atoms with Gasteiger partial charge in [-0.15, -0.1) is 0 Å². The minimum Gasteiger partial charge on any atom is -0.486 e. The first-order chi connectivity index (χ1) is 19.1. The molecule has 0 aromatic carbocycles. The van der Waals surface area contributed by atoms with Crippen molar-refractivity contribution in [2.75, 3.05) is 49.8 Å². The zero-order valence-corrected chi connectivity index (χ0v) is 23.1. The number of ether oxygens (including phenoxy) is 2. The minimum atomic E-state index is -0.144. The van der Waals surface area contributed by atoms with Gasteiger partial charge in [0.2, 0.25) is 0 Å². The summed E-state index contributed by atoms with van der Waals surface area (Å²) in [5.74, 6) is 2.99. The lowest BCUT2D eigenvalue weighted by Gasteiger charge is -2.40. The fraction of sp³-hybridized carbons (Fsp3) is 0.517. The average molecular weight is 547 g/mol. The van der Waals surface area contributed by atoms with Crippen LogP contribution >= 0.6 is 11.8 Å². The molecule has 0 amide bonds. The van der Waals surface area contributed by atoms with Crippen LogP contribution in [0, 0.1) is 11.3 Å². The molecule has 3 aromatic rings. The molecule has 0 unspecified atom stereocenters. The van der Waals surface area contributed by atoms with E-state index in [9.17, 15) is 5.11 Å². The summed E-state index contributed by atoms with van der Waals surface area (Å²) in [5.41, 5.74) is 3.59. The Bertz CT molecular complexity index is 1340. The third-order valence-corrected chi connectivity index (χ3v) is 9.77. The molecule has 0 radical (unpaired) electrons. The number of hydrogen-bond donors (Lipinski definition) is 1. The number of aromatic nitrogens is 4. The number of rotatable bonds is 6. The van der Waals surface area contributed by atoms with Crippen molar-refractivity contribution in [3.05, 3.63) is 53.7 Å². The molecule has 3 aliphatic heterocycles. The third-order valence-electron chi connectivity index (χ3n) is 8.83. The van der Waals surface area contributed by atoms with E-state index in [1.54, 1.807) is 7.11 Å². The molecule has 0 saturated carbocycles. The Labute approximate surface area is 233 Å². The Morgan fingerprint density at radius 2 is 2.03 bits per heavy atom. The summed E-state index contributed by atoms with van der Waals surface area (Å²) >= 11 is 1.51. The summed E-state index contributed by atoms with van der Waals surface area (Å²) < 4.78 is 11.6. The maximum absolute atomic E-state index is 10.2. The first-order valence-corrected chi connectivity index (χ1v) is 14.7. The van der Waals surface area contributed by atoms with Gasteiger partial charge in [-0.2, -0.15) is 0 Å². The molecule has 3 aromatic heterocycles. The fourth-order valence-electron chi connectivity index (χ4n) is 6.90. The van der Waals surface area contributed by atoms with Crippen LogP contribution in [-0.4, -0.2) is 71.0 Å². The molecule has 2 atom stereocenters. The largest absolute Gasteiger partial charge is 0.486 e. The number of hydrogen-bond acceptors (Lipinski definition) is 10. The number of aliphatic hydroxyl groups excluding tert-OH is 1. The highest BCUT2D eigenvalue weighted by molar-refractivity contribution is 7.99. The van der Waals surface area contributed by atoms with Crippen molar-refractivity contribution < 1.29 is 14.6 Å². The Morgan fingerprint density at radius 1 is 1.13 bits per heavy atom. The van der Waals surface area contributed by atoms with Crippen molar-refractivity contribution >= 4 is 23.4 Å². The topological polar surface area (TPSA) is 96.7 Å². The Morgan fingerprint density at radius 3 is 2.85 bits per heavy atom. The number of nitrogens with zero attached hydrogens (tertiary/aromatic N) is 6. The van der Waals surface area contributed by atoms with Crippen molar-refractivity contribution in [3.63, 3.8) is 0 Å². The van der Waals surface area contributed by atoms with Gasteiger partial charge in [-0.1, -0.05) is 17.8 Å². The number of anilines is 2. The molecule has 2 saturated heterocycles. The molecule has 2 fully saturated rings. The average Bonchev–Trinajstić information content (AvgIpc) is 3.54. The SMILES string of the molecule is COC[C@@H]1C[C@H]2COc3c(Sc4cnc(N5CCC6(CC5)Cc5cccnc5C6)c(CO)n4)ccnc3N2C1. The van der Waals surface area contributed by atoms with E-state index in [0.717, 1.165) is 85.7 Å². The van der Waals surface area contributed by atoms with Gasteiger partial charge in [-0.05, 0) is 55.2 Å². The van der Waals surface area contributed by atoms with Gasteiger partial charge in [-0.3, -0.25) is 4.98 Å². The smallest absolute Gasteiger partial charge is 0.175 e. The highest BCUT2D eigenvalue weighted by atomic mass is 32.2. The maximum atomic E-state index is 10.2. The van der Waals surface area contributed by atoms with E-state index in [1.165, 1.54) is 23.0 Å². The lowest BCUT2D eigenvalue weighted by molar-refractivity contribution is 0.157. The Hall–Kier alpha value is -2.95. The summed E-state index contributed by atoms with van der Waals surface area (Å²) in [6, 6.07) is 6.58. The van der Waals surface area contributed by atoms with E-state index in [4.69, 9.17) is 19.4 Å². The fourth-order valence-corrected chi connectivity index (χ4v) is 7.76. The van der Waals surface area contributed by atoms with Gasteiger partial charge in [-0.25, -0.2) is 15.0 Å². The highest BCUT2D eigenvalue weighted by Crippen LogP contribution is 2.46. The lowest BCUT2D eigenvalue weighted by Crippen LogP contribution is -2.41. The molecule has 10 heteroatoms. The van der Waals surface area contributed by atoms with Crippen LogP contribution in [0.5, 0.6) is 5.75 Å². The van der Waals surface area contributed by atoms with E-state index in [1.807, 2.05) is 30.7 Å². The summed E-state index contributed by atoms with van der Waals surface area (Å²) in [4.78, 5) is 24.5. The van der Waals surface area contributed by atoms with Crippen molar-refractivity contribution in [1.29, 1.82) is 0 Å². The second kappa shape index (κ2) is 10.2. The van der Waals surface area contributed by atoms with Gasteiger partial charge < -0.3 is 24.4 Å². The molecule has 6 heterocycles. The summed E-state index contributed by atoms with van der Waals surface area (Å²) in [5, 5.41) is 11.0. The van der Waals surface area contributed by atoms with Crippen LogP contribution in [0.25, 0.3) is 0 Å². The first-order valence-electron chi connectivity index (χ1n) is 13.8. The predicted octanol–water partition coefficient (Wildman–Crippen LogP) is 3.53. The van der Waals surface area contributed by atoms with Crippen LogP contribution in [0.1, 0.15) is 36.2 Å². The second-order valence-corrected chi connectivity index (χ2v) is 12.4. The molecule has 4 aliphatic rings. The van der Waals surface area contributed by atoms with E-state index in [2.05, 4.69) is 25.8 Å². The van der Waals surface area contributed by atoms with Crippen molar-refractivity contribution in [3.8, 4) is 5.75 Å².